The number of methoxy groups -OCH3 is 1. The van der Waals surface area contributed by atoms with Gasteiger partial charge in [-0.15, -0.1) is 11.3 Å². The summed E-state index contributed by atoms with van der Waals surface area (Å²) in [5.41, 5.74) is -0.809. The third-order valence-corrected chi connectivity index (χ3v) is 13.3. The van der Waals surface area contributed by atoms with Crippen molar-refractivity contribution in [3.63, 3.8) is 0 Å². The predicted molar refractivity (Wildman–Crippen MR) is 223 cm³/mol. The number of amides is 4. The van der Waals surface area contributed by atoms with Crippen LogP contribution in [0.1, 0.15) is 84.1 Å². The Morgan fingerprint density at radius 1 is 1.17 bits per heavy atom. The Morgan fingerprint density at radius 3 is 2.64 bits per heavy atom. The normalized spacial score (nSPS) is 29.0. The summed E-state index contributed by atoms with van der Waals surface area (Å²) in [6.07, 6.45) is 12.4. The maximum Gasteiger partial charge on any atom is 0.408 e. The number of carbonyl (C=O) groups excluding carboxylic acids is 4. The highest BCUT2D eigenvalue weighted by molar-refractivity contribution is 7.90. The van der Waals surface area contributed by atoms with Crippen molar-refractivity contribution >= 4 is 52.0 Å². The van der Waals surface area contributed by atoms with Crippen molar-refractivity contribution in [2.75, 3.05) is 33.4 Å². The fourth-order valence-electron chi connectivity index (χ4n) is 8.43. The molecule has 4 bridgehead atoms. The van der Waals surface area contributed by atoms with Gasteiger partial charge in [0.25, 0.3) is 0 Å². The van der Waals surface area contributed by atoms with E-state index in [0.29, 0.717) is 37.4 Å². The van der Waals surface area contributed by atoms with Crippen molar-refractivity contribution in [2.45, 2.75) is 119 Å². The van der Waals surface area contributed by atoms with Gasteiger partial charge in [0, 0.05) is 53.7 Å². The fraction of sp³-hybridized carbons (Fsp3) is 0.605. The van der Waals surface area contributed by atoms with E-state index in [1.807, 2.05) is 24.3 Å². The maximum atomic E-state index is 15.1. The summed E-state index contributed by atoms with van der Waals surface area (Å²) in [6.45, 7) is 9.39. The molecule has 2 unspecified atom stereocenters. The minimum absolute atomic E-state index is 0.0404. The lowest BCUT2D eigenvalue weighted by molar-refractivity contribution is -0.143. The van der Waals surface area contributed by atoms with Crippen molar-refractivity contribution < 1.29 is 42.7 Å². The highest BCUT2D eigenvalue weighted by atomic mass is 32.2. The second-order valence-electron chi connectivity index (χ2n) is 17.4. The molecule has 2 aromatic rings. The van der Waals surface area contributed by atoms with Crippen LogP contribution >= 0.6 is 0 Å². The molecule has 7 rings (SSSR count). The third-order valence-electron chi connectivity index (χ3n) is 11.8. The van der Waals surface area contributed by atoms with Crippen LogP contribution in [-0.4, -0.2) is 112 Å². The smallest absolute Gasteiger partial charge is 0.408 e. The molecule has 0 radical (unpaired) electrons. The first-order valence-corrected chi connectivity index (χ1v) is 22.1. The summed E-state index contributed by atoms with van der Waals surface area (Å²) in [7, 11) is 1.58. The molecule has 0 spiro atoms. The first-order valence-electron chi connectivity index (χ1n) is 20.8. The molecule has 59 heavy (non-hydrogen) atoms. The Labute approximate surface area is 349 Å². The highest BCUT2D eigenvalue weighted by Gasteiger charge is 2.56. The van der Waals surface area contributed by atoms with Crippen molar-refractivity contribution in [3.05, 3.63) is 48.7 Å². The first-order chi connectivity index (χ1) is 28.3. The molecule has 1 aromatic carbocycles. The van der Waals surface area contributed by atoms with Gasteiger partial charge in [0.05, 0.1) is 39.0 Å². The number of fused-ring (bicyclic) bond motifs is 3. The Kier molecular flexibility index (Phi) is 13.1. The summed E-state index contributed by atoms with van der Waals surface area (Å²) in [5, 5.41) is 10.6. The number of rotatable bonds is 10. The van der Waals surface area contributed by atoms with E-state index in [-0.39, 0.29) is 49.2 Å². The molecular formula is C43H58N6O9S. The van der Waals surface area contributed by atoms with Gasteiger partial charge in [0.1, 0.15) is 40.8 Å². The van der Waals surface area contributed by atoms with Gasteiger partial charge >= 0.3 is 6.09 Å². The van der Waals surface area contributed by atoms with Crippen molar-refractivity contribution in [2.24, 2.45) is 11.8 Å². The molecule has 1 aromatic heterocycles. The number of nitrogens with zero attached hydrogens (tertiary/aromatic N) is 2. The van der Waals surface area contributed by atoms with Crippen molar-refractivity contribution in [1.82, 2.24) is 30.6 Å². The number of pyridine rings is 1. The quantitative estimate of drug-likeness (QED) is 0.199. The number of aromatic nitrogens is 1. The van der Waals surface area contributed by atoms with Crippen LogP contribution in [0.4, 0.5) is 4.79 Å². The van der Waals surface area contributed by atoms with Crippen LogP contribution in [0.5, 0.6) is 11.6 Å². The monoisotopic (exact) mass is 834 g/mol. The summed E-state index contributed by atoms with van der Waals surface area (Å²) in [6, 6.07) is 2.50. The number of alkyl carbamates (subject to hydrolysis) is 1. The van der Waals surface area contributed by atoms with Gasteiger partial charge in [-0.2, -0.15) is 0 Å². The highest BCUT2D eigenvalue weighted by Crippen LogP contribution is 2.45. The Bertz CT molecular complexity index is 1930. The molecule has 16 heteroatoms. The predicted octanol–water partition coefficient (Wildman–Crippen LogP) is 4.07. The molecule has 7 atom stereocenters. The summed E-state index contributed by atoms with van der Waals surface area (Å²) < 4.78 is 39.7. The van der Waals surface area contributed by atoms with Crippen LogP contribution in [-0.2, 0) is 35.2 Å². The molecule has 4 amide bonds. The molecule has 4 fully saturated rings. The van der Waals surface area contributed by atoms with Crippen LogP contribution < -0.4 is 30.1 Å². The van der Waals surface area contributed by atoms with E-state index in [2.05, 4.69) is 32.2 Å². The molecule has 4 N–H and O–H groups in total. The van der Waals surface area contributed by atoms with E-state index in [1.54, 1.807) is 46.2 Å². The van der Waals surface area contributed by atoms with Gasteiger partial charge in [-0.3, -0.25) is 14.4 Å². The standard InChI is InChI=1S/C43H58N6O9S/c1-6-29-22-43(29,25-45-59(54)31-14-15-31)48-38(51)34-21-30-23-49(34)40(52)36(26-11-8-7-9-12-26)47-37(50)33(46-41(53)58-42(2,3)4)24-56-18-10-13-28-19-32-27(20-35(28)55-5)16-17-44-39(32)57-30/h6,10,13,16-17,19-20,26,29-31,33-34,36,45H,1,7-9,11-12,14-15,18,21-25H2,2-5H3,(H,46,53)(H,47,50)(H,48,51)/b13-10+/t29-,30-,33?,34+,36+,43+,59?/m1/s1. The number of benzene rings is 1. The Morgan fingerprint density at radius 2 is 1.95 bits per heavy atom. The average molecular weight is 835 g/mol. The molecule has 5 aliphatic rings. The zero-order valence-electron chi connectivity index (χ0n) is 34.5. The molecule has 320 valence electrons. The van der Waals surface area contributed by atoms with E-state index < -0.39 is 64.6 Å². The second kappa shape index (κ2) is 18.1. The molecule has 3 aliphatic carbocycles. The topological polar surface area (TPSA) is 193 Å². The fourth-order valence-corrected chi connectivity index (χ4v) is 9.63. The number of carbonyl (C=O) groups is 4. The second-order valence-corrected chi connectivity index (χ2v) is 19.0. The summed E-state index contributed by atoms with van der Waals surface area (Å²) in [4.78, 5) is 63.1. The maximum absolute atomic E-state index is 15.1. The Hall–Kier alpha value is -4.38. The van der Waals surface area contributed by atoms with Crippen molar-refractivity contribution in [1.29, 1.82) is 0 Å². The van der Waals surface area contributed by atoms with Crippen molar-refractivity contribution in [3.8, 4) is 11.6 Å². The van der Waals surface area contributed by atoms with Crippen LogP contribution in [0, 0.1) is 11.8 Å². The zero-order valence-corrected chi connectivity index (χ0v) is 35.3. The van der Waals surface area contributed by atoms with Gasteiger partial charge in [0.15, 0.2) is 0 Å². The van der Waals surface area contributed by atoms with E-state index in [1.165, 1.54) is 4.90 Å². The number of hydrogen-bond donors (Lipinski definition) is 4. The molecular weight excluding hydrogens is 777 g/mol. The molecule has 3 saturated carbocycles. The number of hydrogen-bond acceptors (Lipinski definition) is 11. The third kappa shape index (κ3) is 10.3. The van der Waals surface area contributed by atoms with Gasteiger partial charge in [-0.25, -0.2) is 9.78 Å². The molecule has 3 heterocycles. The zero-order chi connectivity index (χ0) is 41.9. The van der Waals surface area contributed by atoms with Crippen LogP contribution in [0.15, 0.2) is 43.1 Å². The minimum Gasteiger partial charge on any atom is -0.598 e. The number of nitrogens with one attached hydrogen (secondary N) is 4. The van der Waals surface area contributed by atoms with Gasteiger partial charge in [-0.05, 0) is 69.5 Å². The lowest BCUT2D eigenvalue weighted by atomic mass is 9.83. The van der Waals surface area contributed by atoms with E-state index in [9.17, 15) is 18.9 Å². The van der Waals surface area contributed by atoms with Gasteiger partial charge in [0.2, 0.25) is 23.6 Å². The SMILES string of the molecule is C=C[C@@H]1C[C@@]1(CN[S+]([O-])C1CC1)NC(=O)[C@@H]1C[C@@H]2CN1C(=O)[C@H](C1CCCCC1)NC(=O)C(NC(=O)OC(C)(C)C)COC/C=C/c1cc3c(nccc3cc1OC)O2. The minimum atomic E-state index is -1.21. The van der Waals surface area contributed by atoms with Gasteiger partial charge < -0.3 is 44.4 Å². The molecule has 1 saturated heterocycles. The lowest BCUT2D eigenvalue weighted by Gasteiger charge is -2.35. The Balaban J connectivity index is 1.24. The average Bonchev–Trinajstić information content (AvgIpc) is 4.13. The lowest BCUT2D eigenvalue weighted by Crippen LogP contribution is -2.60. The molecule has 2 aliphatic heterocycles. The summed E-state index contributed by atoms with van der Waals surface area (Å²) >= 11 is -1.21. The summed E-state index contributed by atoms with van der Waals surface area (Å²) in [5.74, 6) is -0.683. The number of ether oxygens (including phenoxy) is 4. The van der Waals surface area contributed by atoms with E-state index in [0.717, 1.165) is 48.4 Å². The largest absolute Gasteiger partial charge is 0.598 e. The first kappa shape index (κ1) is 42.7. The molecule has 15 nitrogen and oxygen atoms in total. The van der Waals surface area contributed by atoms with Crippen LogP contribution in [0.25, 0.3) is 16.8 Å². The van der Waals surface area contributed by atoms with Gasteiger partial charge in [-0.1, -0.05) is 37.5 Å². The van der Waals surface area contributed by atoms with Crippen LogP contribution in [0.2, 0.25) is 0 Å². The van der Waals surface area contributed by atoms with Crippen LogP contribution in [0.3, 0.4) is 0 Å². The van der Waals surface area contributed by atoms with E-state index >= 15 is 4.79 Å². The van der Waals surface area contributed by atoms with E-state index in [4.69, 9.17) is 18.9 Å².